The molecule has 0 bridgehead atoms. The van der Waals surface area contributed by atoms with E-state index in [0.717, 1.165) is 51.4 Å². The quantitative estimate of drug-likeness (QED) is 0.886. The average molecular weight is 333 g/mol. The first-order chi connectivity index (χ1) is 11.6. The highest BCUT2D eigenvalue weighted by Gasteiger charge is 2.49. The van der Waals surface area contributed by atoms with Crippen LogP contribution in [0.1, 0.15) is 64.2 Å². The molecule has 24 heavy (non-hydrogen) atoms. The van der Waals surface area contributed by atoms with Gasteiger partial charge >= 0.3 is 0 Å². The number of rotatable bonds is 2. The normalized spacial score (nSPS) is 33.0. The summed E-state index contributed by atoms with van der Waals surface area (Å²) in [5.41, 5.74) is -1.17. The molecule has 0 spiro atoms. The number of hydrogen-bond donors (Lipinski definition) is 1. The van der Waals surface area contributed by atoms with Crippen molar-refractivity contribution in [2.24, 2.45) is 5.92 Å². The third kappa shape index (κ3) is 2.53. The summed E-state index contributed by atoms with van der Waals surface area (Å²) >= 11 is 0. The van der Waals surface area contributed by atoms with Gasteiger partial charge in [0.15, 0.2) is 0 Å². The van der Waals surface area contributed by atoms with E-state index in [1.165, 1.54) is 6.42 Å². The molecule has 4 rings (SSSR count). The predicted octanol–water partition coefficient (Wildman–Crippen LogP) is 1.49. The van der Waals surface area contributed by atoms with Gasteiger partial charge in [-0.2, -0.15) is 0 Å². The monoisotopic (exact) mass is 333 g/mol. The number of aromatic nitrogens is 4. The van der Waals surface area contributed by atoms with E-state index in [0.29, 0.717) is 19.5 Å². The lowest BCUT2D eigenvalue weighted by Crippen LogP contribution is -2.59. The highest BCUT2D eigenvalue weighted by atomic mass is 16.3. The number of hydrogen-bond acceptors (Lipinski definition) is 5. The van der Waals surface area contributed by atoms with Crippen LogP contribution in [-0.2, 0) is 10.3 Å². The van der Waals surface area contributed by atoms with Gasteiger partial charge < -0.3 is 10.0 Å². The second-order valence-corrected chi connectivity index (χ2v) is 7.89. The second-order valence-electron chi connectivity index (χ2n) is 7.89. The highest BCUT2D eigenvalue weighted by molar-refractivity contribution is 5.84. The zero-order valence-electron chi connectivity index (χ0n) is 14.2. The minimum absolute atomic E-state index is 0.155. The Balaban J connectivity index is 1.57. The SMILES string of the molecule is O=C(N1CC[C@@]2(O)CCCC[C@H]2C1)C1(n2cnnn2)CCCCC1. The molecule has 7 nitrogen and oxygen atoms in total. The second kappa shape index (κ2) is 6.10. The molecule has 2 saturated carbocycles. The molecular formula is C17H27N5O2. The maximum Gasteiger partial charge on any atom is 0.250 e. The van der Waals surface area contributed by atoms with Crippen LogP contribution >= 0.6 is 0 Å². The van der Waals surface area contributed by atoms with E-state index in [2.05, 4.69) is 15.5 Å². The van der Waals surface area contributed by atoms with E-state index in [4.69, 9.17) is 0 Å². The Morgan fingerprint density at radius 3 is 2.62 bits per heavy atom. The first-order valence-electron chi connectivity index (χ1n) is 9.39. The van der Waals surface area contributed by atoms with Crippen molar-refractivity contribution in [2.45, 2.75) is 75.3 Å². The van der Waals surface area contributed by atoms with Gasteiger partial charge in [-0.15, -0.1) is 5.10 Å². The molecule has 132 valence electrons. The molecule has 2 atom stereocenters. The molecule has 1 aromatic heterocycles. The van der Waals surface area contributed by atoms with Crippen LogP contribution < -0.4 is 0 Å². The van der Waals surface area contributed by atoms with Crippen molar-refractivity contribution in [3.63, 3.8) is 0 Å². The molecule has 2 aliphatic carbocycles. The number of aliphatic hydroxyl groups is 1. The molecule has 0 radical (unpaired) electrons. The number of fused-ring (bicyclic) bond motifs is 1. The fourth-order valence-electron chi connectivity index (χ4n) is 5.08. The molecule has 3 aliphatic rings. The predicted molar refractivity (Wildman–Crippen MR) is 87.0 cm³/mol. The molecule has 0 unspecified atom stereocenters. The number of nitrogens with zero attached hydrogens (tertiary/aromatic N) is 5. The Labute approximate surface area is 142 Å². The van der Waals surface area contributed by atoms with Crippen LogP contribution in [0.15, 0.2) is 6.33 Å². The van der Waals surface area contributed by atoms with Gasteiger partial charge in [0.05, 0.1) is 5.60 Å². The van der Waals surface area contributed by atoms with Crippen LogP contribution in [0, 0.1) is 5.92 Å². The van der Waals surface area contributed by atoms with Crippen molar-refractivity contribution in [3.8, 4) is 0 Å². The Morgan fingerprint density at radius 1 is 1.08 bits per heavy atom. The Bertz CT molecular complexity index is 584. The molecule has 7 heteroatoms. The van der Waals surface area contributed by atoms with Crippen molar-refractivity contribution in [1.29, 1.82) is 0 Å². The highest BCUT2D eigenvalue weighted by Crippen LogP contribution is 2.42. The zero-order chi connectivity index (χ0) is 16.6. The molecule has 1 amide bonds. The largest absolute Gasteiger partial charge is 0.389 e. The fraction of sp³-hybridized carbons (Fsp3) is 0.882. The smallest absolute Gasteiger partial charge is 0.250 e. The van der Waals surface area contributed by atoms with E-state index in [1.807, 2.05) is 4.90 Å². The van der Waals surface area contributed by atoms with E-state index >= 15 is 0 Å². The summed E-state index contributed by atoms with van der Waals surface area (Å²) in [7, 11) is 0. The number of carbonyl (C=O) groups is 1. The summed E-state index contributed by atoms with van der Waals surface area (Å²) in [6, 6.07) is 0. The lowest BCUT2D eigenvalue weighted by Gasteiger charge is -2.49. The summed E-state index contributed by atoms with van der Waals surface area (Å²) in [6.07, 6.45) is 11.3. The van der Waals surface area contributed by atoms with Crippen LogP contribution in [0.2, 0.25) is 0 Å². The number of tetrazole rings is 1. The van der Waals surface area contributed by atoms with E-state index in [-0.39, 0.29) is 11.8 Å². The molecule has 1 N–H and O–H groups in total. The molecule has 3 fully saturated rings. The van der Waals surface area contributed by atoms with Crippen molar-refractivity contribution < 1.29 is 9.90 Å². The molecule has 1 aromatic rings. The van der Waals surface area contributed by atoms with Crippen LogP contribution in [-0.4, -0.2) is 54.8 Å². The number of amides is 1. The molecule has 1 saturated heterocycles. The van der Waals surface area contributed by atoms with E-state index in [9.17, 15) is 9.90 Å². The van der Waals surface area contributed by atoms with Gasteiger partial charge in [0.1, 0.15) is 11.9 Å². The van der Waals surface area contributed by atoms with E-state index in [1.54, 1.807) is 11.0 Å². The Kier molecular flexibility index (Phi) is 4.06. The lowest BCUT2D eigenvalue weighted by atomic mass is 9.70. The summed E-state index contributed by atoms with van der Waals surface area (Å²) in [5, 5.41) is 22.5. The van der Waals surface area contributed by atoms with Crippen LogP contribution in [0.5, 0.6) is 0 Å². The zero-order valence-corrected chi connectivity index (χ0v) is 14.2. The van der Waals surface area contributed by atoms with Crippen LogP contribution in [0.4, 0.5) is 0 Å². The first-order valence-corrected chi connectivity index (χ1v) is 9.39. The summed E-state index contributed by atoms with van der Waals surface area (Å²) < 4.78 is 1.69. The van der Waals surface area contributed by atoms with Gasteiger partial charge in [0.25, 0.3) is 5.91 Å². The molecule has 2 heterocycles. The maximum atomic E-state index is 13.5. The lowest BCUT2D eigenvalue weighted by molar-refractivity contribution is -0.154. The summed E-state index contributed by atoms with van der Waals surface area (Å²) in [6.45, 7) is 1.33. The summed E-state index contributed by atoms with van der Waals surface area (Å²) in [4.78, 5) is 15.5. The molecule has 0 aromatic carbocycles. The van der Waals surface area contributed by atoms with Gasteiger partial charge in [-0.1, -0.05) is 32.1 Å². The maximum absolute atomic E-state index is 13.5. The Hall–Kier alpha value is -1.50. The number of carbonyl (C=O) groups excluding carboxylic acids is 1. The topological polar surface area (TPSA) is 84.1 Å². The fourth-order valence-corrected chi connectivity index (χ4v) is 5.08. The van der Waals surface area contributed by atoms with Crippen LogP contribution in [0.25, 0.3) is 0 Å². The van der Waals surface area contributed by atoms with Crippen molar-refractivity contribution in [2.75, 3.05) is 13.1 Å². The molecular weight excluding hydrogens is 306 g/mol. The van der Waals surface area contributed by atoms with Crippen LogP contribution in [0.3, 0.4) is 0 Å². The average Bonchev–Trinajstić information content (AvgIpc) is 3.16. The van der Waals surface area contributed by atoms with Gasteiger partial charge in [0.2, 0.25) is 0 Å². The number of piperidine rings is 1. The number of likely N-dealkylation sites (tertiary alicyclic amines) is 1. The molecule has 1 aliphatic heterocycles. The Morgan fingerprint density at radius 2 is 1.88 bits per heavy atom. The van der Waals surface area contributed by atoms with Crippen molar-refractivity contribution in [1.82, 2.24) is 25.1 Å². The van der Waals surface area contributed by atoms with Gasteiger partial charge in [-0.05, 0) is 42.5 Å². The van der Waals surface area contributed by atoms with Gasteiger partial charge in [-0.25, -0.2) is 4.68 Å². The summed E-state index contributed by atoms with van der Waals surface area (Å²) in [5.74, 6) is 0.376. The minimum atomic E-state index is -0.619. The van der Waals surface area contributed by atoms with Crippen molar-refractivity contribution >= 4 is 5.91 Å². The van der Waals surface area contributed by atoms with Crippen molar-refractivity contribution in [3.05, 3.63) is 6.33 Å². The minimum Gasteiger partial charge on any atom is -0.389 e. The third-order valence-electron chi connectivity index (χ3n) is 6.58. The van der Waals surface area contributed by atoms with E-state index < -0.39 is 11.1 Å². The first kappa shape index (κ1) is 16.0. The van der Waals surface area contributed by atoms with Gasteiger partial charge in [-0.3, -0.25) is 4.79 Å². The standard InChI is InChI=1S/C17H27N5O2/c23-15(16(7-3-1-4-8-16)22-13-18-19-20-22)21-11-10-17(24)9-5-2-6-14(17)12-21/h13-14,24H,1-12H2/t14-,17-/m0/s1. The third-order valence-corrected chi connectivity index (χ3v) is 6.58. The van der Waals surface area contributed by atoms with Gasteiger partial charge in [0, 0.05) is 19.0 Å².